The highest BCUT2D eigenvalue weighted by Gasteiger charge is 2.21. The Morgan fingerprint density at radius 1 is 1.20 bits per heavy atom. The standard InChI is InChI=1S/C16H17NO2S/c1-2-11-6-7-12(20-11)10-19-16-5-3-4-13-14(16)8-9-15(13)17-18/h3-7,18H,2,8-10H2,1H3. The van der Waals surface area contributed by atoms with Crippen molar-refractivity contribution >= 4 is 17.0 Å². The highest BCUT2D eigenvalue weighted by molar-refractivity contribution is 7.11. The molecule has 1 aliphatic carbocycles. The summed E-state index contributed by atoms with van der Waals surface area (Å²) in [5.41, 5.74) is 2.94. The maximum Gasteiger partial charge on any atom is 0.123 e. The summed E-state index contributed by atoms with van der Waals surface area (Å²) in [7, 11) is 0. The van der Waals surface area contributed by atoms with Crippen molar-refractivity contribution in [1.82, 2.24) is 0 Å². The van der Waals surface area contributed by atoms with E-state index >= 15 is 0 Å². The number of ether oxygens (including phenoxy) is 1. The fourth-order valence-electron chi connectivity index (χ4n) is 2.55. The van der Waals surface area contributed by atoms with Crippen molar-refractivity contribution in [2.75, 3.05) is 0 Å². The van der Waals surface area contributed by atoms with Gasteiger partial charge in [-0.1, -0.05) is 24.2 Å². The van der Waals surface area contributed by atoms with E-state index in [1.807, 2.05) is 18.2 Å². The molecule has 0 bridgehead atoms. The average molecular weight is 287 g/mol. The second-order valence-electron chi connectivity index (χ2n) is 4.84. The molecule has 0 unspecified atom stereocenters. The van der Waals surface area contributed by atoms with Crippen LogP contribution in [0.4, 0.5) is 0 Å². The molecule has 4 heteroatoms. The molecule has 3 rings (SSSR count). The Morgan fingerprint density at radius 3 is 2.80 bits per heavy atom. The quantitative estimate of drug-likeness (QED) is 0.682. The van der Waals surface area contributed by atoms with Gasteiger partial charge in [-0.3, -0.25) is 0 Å². The van der Waals surface area contributed by atoms with Gasteiger partial charge in [0.2, 0.25) is 0 Å². The van der Waals surface area contributed by atoms with E-state index in [1.165, 1.54) is 9.75 Å². The predicted octanol–water partition coefficient (Wildman–Crippen LogP) is 4.01. The first-order valence-electron chi connectivity index (χ1n) is 6.85. The van der Waals surface area contributed by atoms with Gasteiger partial charge in [0, 0.05) is 20.9 Å². The van der Waals surface area contributed by atoms with Crippen molar-refractivity contribution in [3.63, 3.8) is 0 Å². The van der Waals surface area contributed by atoms with Crippen LogP contribution in [0.15, 0.2) is 35.5 Å². The molecule has 1 aromatic carbocycles. The lowest BCUT2D eigenvalue weighted by atomic mass is 10.1. The van der Waals surface area contributed by atoms with Gasteiger partial charge in [0.15, 0.2) is 0 Å². The lowest BCUT2D eigenvalue weighted by molar-refractivity contribution is 0.307. The summed E-state index contributed by atoms with van der Waals surface area (Å²) in [6.07, 6.45) is 2.74. The van der Waals surface area contributed by atoms with E-state index in [-0.39, 0.29) is 0 Å². The first-order valence-corrected chi connectivity index (χ1v) is 7.67. The molecule has 3 nitrogen and oxygen atoms in total. The lowest BCUT2D eigenvalue weighted by Crippen LogP contribution is -1.98. The Kier molecular flexibility index (Phi) is 3.74. The minimum Gasteiger partial charge on any atom is -0.488 e. The maximum atomic E-state index is 8.99. The number of aryl methyl sites for hydroxylation is 1. The topological polar surface area (TPSA) is 41.8 Å². The molecule has 0 atom stereocenters. The van der Waals surface area contributed by atoms with Crippen LogP contribution in [0.5, 0.6) is 5.75 Å². The molecular weight excluding hydrogens is 270 g/mol. The molecule has 0 spiro atoms. The van der Waals surface area contributed by atoms with Crippen LogP contribution in [0.2, 0.25) is 0 Å². The third kappa shape index (κ3) is 2.43. The Bertz CT molecular complexity index is 646. The average Bonchev–Trinajstić information content (AvgIpc) is 3.11. The van der Waals surface area contributed by atoms with Crippen molar-refractivity contribution in [2.45, 2.75) is 32.8 Å². The van der Waals surface area contributed by atoms with Crippen molar-refractivity contribution in [2.24, 2.45) is 5.16 Å². The van der Waals surface area contributed by atoms with Gasteiger partial charge in [0.05, 0.1) is 5.71 Å². The van der Waals surface area contributed by atoms with Crippen LogP contribution in [0, 0.1) is 0 Å². The number of fused-ring (bicyclic) bond motifs is 1. The summed E-state index contributed by atoms with van der Waals surface area (Å²) in [4.78, 5) is 2.63. The summed E-state index contributed by atoms with van der Waals surface area (Å²) in [5.74, 6) is 0.910. The number of hydrogen-bond donors (Lipinski definition) is 1. The second-order valence-corrected chi connectivity index (χ2v) is 6.09. The molecule has 1 aliphatic rings. The summed E-state index contributed by atoms with van der Waals surface area (Å²) in [6, 6.07) is 10.2. The SMILES string of the molecule is CCc1ccc(COc2cccc3c2CCC3=NO)s1. The molecule has 20 heavy (non-hydrogen) atoms. The highest BCUT2D eigenvalue weighted by Crippen LogP contribution is 2.31. The number of oxime groups is 1. The van der Waals surface area contributed by atoms with Crippen LogP contribution < -0.4 is 4.74 Å². The number of benzene rings is 1. The third-order valence-corrected chi connectivity index (χ3v) is 4.82. The van der Waals surface area contributed by atoms with Crippen LogP contribution >= 0.6 is 11.3 Å². The summed E-state index contributed by atoms with van der Waals surface area (Å²) >= 11 is 1.80. The number of hydrogen-bond acceptors (Lipinski definition) is 4. The summed E-state index contributed by atoms with van der Waals surface area (Å²) < 4.78 is 5.96. The first kappa shape index (κ1) is 13.2. The van der Waals surface area contributed by atoms with E-state index in [4.69, 9.17) is 9.94 Å². The van der Waals surface area contributed by atoms with Crippen molar-refractivity contribution in [1.29, 1.82) is 0 Å². The number of thiophene rings is 1. The van der Waals surface area contributed by atoms with Crippen LogP contribution in [-0.2, 0) is 19.4 Å². The van der Waals surface area contributed by atoms with E-state index in [1.54, 1.807) is 11.3 Å². The van der Waals surface area contributed by atoms with Gasteiger partial charge < -0.3 is 9.94 Å². The van der Waals surface area contributed by atoms with E-state index in [2.05, 4.69) is 24.2 Å². The van der Waals surface area contributed by atoms with Gasteiger partial charge in [0.1, 0.15) is 12.4 Å². The van der Waals surface area contributed by atoms with Crippen LogP contribution in [0.25, 0.3) is 0 Å². The Labute approximate surface area is 122 Å². The summed E-state index contributed by atoms with van der Waals surface area (Å²) in [6.45, 7) is 2.77. The molecule has 0 fully saturated rings. The van der Waals surface area contributed by atoms with Crippen LogP contribution in [0.3, 0.4) is 0 Å². The van der Waals surface area contributed by atoms with E-state index in [0.29, 0.717) is 6.61 Å². The molecule has 0 radical (unpaired) electrons. The normalized spacial score (nSPS) is 15.6. The lowest BCUT2D eigenvalue weighted by Gasteiger charge is -2.09. The van der Waals surface area contributed by atoms with E-state index in [0.717, 1.165) is 41.9 Å². The van der Waals surface area contributed by atoms with Gasteiger partial charge in [-0.2, -0.15) is 0 Å². The Morgan fingerprint density at radius 2 is 2.05 bits per heavy atom. The van der Waals surface area contributed by atoms with E-state index in [9.17, 15) is 0 Å². The van der Waals surface area contributed by atoms with Gasteiger partial charge >= 0.3 is 0 Å². The fourth-order valence-corrected chi connectivity index (χ4v) is 3.42. The van der Waals surface area contributed by atoms with Crippen molar-refractivity contribution in [3.05, 3.63) is 51.2 Å². The van der Waals surface area contributed by atoms with Crippen molar-refractivity contribution in [3.8, 4) is 5.75 Å². The fraction of sp³-hybridized carbons (Fsp3) is 0.312. The van der Waals surface area contributed by atoms with Crippen LogP contribution in [-0.4, -0.2) is 10.9 Å². The third-order valence-electron chi connectivity index (χ3n) is 3.61. The molecule has 0 amide bonds. The van der Waals surface area contributed by atoms with E-state index < -0.39 is 0 Å². The van der Waals surface area contributed by atoms with Gasteiger partial charge in [0.25, 0.3) is 0 Å². The minimum atomic E-state index is 0.604. The molecule has 0 saturated carbocycles. The van der Waals surface area contributed by atoms with Crippen LogP contribution in [0.1, 0.15) is 34.2 Å². The molecule has 104 valence electrons. The minimum absolute atomic E-state index is 0.604. The molecule has 0 aliphatic heterocycles. The largest absolute Gasteiger partial charge is 0.488 e. The monoisotopic (exact) mass is 287 g/mol. The number of rotatable bonds is 4. The molecule has 0 saturated heterocycles. The molecule has 1 N–H and O–H groups in total. The van der Waals surface area contributed by atoms with Gasteiger partial charge in [-0.25, -0.2) is 0 Å². The molecule has 1 heterocycles. The number of nitrogens with zero attached hydrogens (tertiary/aromatic N) is 1. The second kappa shape index (κ2) is 5.67. The van der Waals surface area contributed by atoms with Crippen molar-refractivity contribution < 1.29 is 9.94 Å². The maximum absolute atomic E-state index is 8.99. The zero-order valence-corrected chi connectivity index (χ0v) is 12.2. The predicted molar refractivity (Wildman–Crippen MR) is 81.1 cm³/mol. The molecule has 1 aromatic heterocycles. The molecule has 2 aromatic rings. The zero-order valence-electron chi connectivity index (χ0n) is 11.4. The smallest absolute Gasteiger partial charge is 0.123 e. The Balaban J connectivity index is 1.77. The zero-order chi connectivity index (χ0) is 13.9. The summed E-state index contributed by atoms with van der Waals surface area (Å²) in [5, 5.41) is 12.4. The molecular formula is C16H17NO2S. The Hall–Kier alpha value is -1.81. The van der Waals surface area contributed by atoms with Gasteiger partial charge in [-0.05, 0) is 37.5 Å². The first-order chi connectivity index (χ1) is 9.81. The highest BCUT2D eigenvalue weighted by atomic mass is 32.1. The van der Waals surface area contributed by atoms with Gasteiger partial charge in [-0.15, -0.1) is 11.3 Å².